The van der Waals surface area contributed by atoms with E-state index in [4.69, 9.17) is 9.47 Å². The van der Waals surface area contributed by atoms with Gasteiger partial charge in [-0.25, -0.2) is 0 Å². The number of aryl methyl sites for hydroxylation is 1. The maximum Gasteiger partial charge on any atom is 0.261 e. The lowest BCUT2D eigenvalue weighted by atomic mass is 10.1. The van der Waals surface area contributed by atoms with Crippen LogP contribution in [0.15, 0.2) is 48.5 Å². The molecule has 0 fully saturated rings. The van der Waals surface area contributed by atoms with E-state index in [1.807, 2.05) is 62.4 Å². The van der Waals surface area contributed by atoms with Crippen molar-refractivity contribution in [3.63, 3.8) is 0 Å². The lowest BCUT2D eigenvalue weighted by Crippen LogP contribution is -2.50. The number of carbonyl (C=O) groups is 2. The van der Waals surface area contributed by atoms with Gasteiger partial charge in [0.2, 0.25) is 5.91 Å². The molecule has 0 heterocycles. The molecule has 30 heavy (non-hydrogen) atoms. The van der Waals surface area contributed by atoms with Gasteiger partial charge < -0.3 is 19.7 Å². The predicted octanol–water partition coefficient (Wildman–Crippen LogP) is 3.58. The number of hydrogen-bond donors (Lipinski definition) is 1. The van der Waals surface area contributed by atoms with Crippen molar-refractivity contribution >= 4 is 11.8 Å². The van der Waals surface area contributed by atoms with Crippen LogP contribution >= 0.6 is 0 Å². The number of benzene rings is 2. The van der Waals surface area contributed by atoms with Crippen LogP contribution in [0.4, 0.5) is 0 Å². The Kier molecular flexibility index (Phi) is 9.19. The van der Waals surface area contributed by atoms with E-state index >= 15 is 0 Å². The third-order valence-electron chi connectivity index (χ3n) is 4.92. The minimum absolute atomic E-state index is 0.134. The second-order valence-electron chi connectivity index (χ2n) is 6.98. The summed E-state index contributed by atoms with van der Waals surface area (Å²) in [4.78, 5) is 27.3. The average Bonchev–Trinajstić information content (AvgIpc) is 2.78. The Morgan fingerprint density at radius 2 is 1.73 bits per heavy atom. The Labute approximate surface area is 179 Å². The van der Waals surface area contributed by atoms with Crippen LogP contribution in [0.5, 0.6) is 11.5 Å². The molecule has 1 N–H and O–H groups in total. The minimum atomic E-state index is -0.574. The second kappa shape index (κ2) is 11.9. The molecule has 0 saturated heterocycles. The highest BCUT2D eigenvalue weighted by atomic mass is 16.5. The topological polar surface area (TPSA) is 67.9 Å². The largest absolute Gasteiger partial charge is 0.497 e. The first-order chi connectivity index (χ1) is 14.5. The molecular weight excluding hydrogens is 380 g/mol. The Balaban J connectivity index is 2.18. The van der Waals surface area contributed by atoms with Gasteiger partial charge in [0.15, 0.2) is 6.61 Å². The van der Waals surface area contributed by atoms with Crippen LogP contribution in [0.2, 0.25) is 0 Å². The number of ether oxygens (including phenoxy) is 2. The van der Waals surface area contributed by atoms with Crippen LogP contribution < -0.4 is 14.8 Å². The molecule has 6 heteroatoms. The lowest BCUT2D eigenvalue weighted by Gasteiger charge is -2.30. The Hall–Kier alpha value is -3.02. The molecule has 0 radical (unpaired) electrons. The van der Waals surface area contributed by atoms with Gasteiger partial charge >= 0.3 is 0 Å². The average molecular weight is 413 g/mol. The molecule has 2 rings (SSSR count). The smallest absolute Gasteiger partial charge is 0.261 e. The van der Waals surface area contributed by atoms with Crippen molar-refractivity contribution in [2.75, 3.05) is 20.3 Å². The van der Waals surface area contributed by atoms with Gasteiger partial charge in [-0.15, -0.1) is 0 Å². The molecule has 0 spiro atoms. The molecule has 162 valence electrons. The minimum Gasteiger partial charge on any atom is -0.497 e. The fourth-order valence-electron chi connectivity index (χ4n) is 3.23. The van der Waals surface area contributed by atoms with E-state index in [-0.39, 0.29) is 18.4 Å². The summed E-state index contributed by atoms with van der Waals surface area (Å²) in [5.41, 5.74) is 2.09. The number of hydrogen-bond acceptors (Lipinski definition) is 4. The normalized spacial score (nSPS) is 11.5. The van der Waals surface area contributed by atoms with Gasteiger partial charge in [-0.05, 0) is 55.2 Å². The zero-order valence-corrected chi connectivity index (χ0v) is 18.3. The van der Waals surface area contributed by atoms with Crippen LogP contribution in [-0.4, -0.2) is 43.0 Å². The summed E-state index contributed by atoms with van der Waals surface area (Å²) in [5.74, 6) is 0.935. The number of carbonyl (C=O) groups excluding carboxylic acids is 2. The molecule has 0 aliphatic rings. The number of rotatable bonds is 11. The first-order valence-corrected chi connectivity index (χ1v) is 10.4. The van der Waals surface area contributed by atoms with Crippen molar-refractivity contribution in [3.05, 3.63) is 59.7 Å². The van der Waals surface area contributed by atoms with Crippen LogP contribution in [0.1, 0.15) is 38.3 Å². The zero-order chi connectivity index (χ0) is 21.9. The van der Waals surface area contributed by atoms with Gasteiger partial charge in [0.25, 0.3) is 5.91 Å². The third kappa shape index (κ3) is 6.51. The molecule has 2 amide bonds. The van der Waals surface area contributed by atoms with Crippen LogP contribution in [-0.2, 0) is 22.6 Å². The first-order valence-electron chi connectivity index (χ1n) is 10.4. The monoisotopic (exact) mass is 412 g/mol. The first kappa shape index (κ1) is 23.3. The Morgan fingerprint density at radius 1 is 1.00 bits per heavy atom. The van der Waals surface area contributed by atoms with E-state index in [0.717, 1.165) is 12.0 Å². The molecule has 0 saturated carbocycles. The fraction of sp³-hybridized carbons (Fsp3) is 0.417. The molecule has 0 bridgehead atoms. The van der Waals surface area contributed by atoms with E-state index in [2.05, 4.69) is 12.2 Å². The summed E-state index contributed by atoms with van der Waals surface area (Å²) < 4.78 is 11.0. The van der Waals surface area contributed by atoms with Gasteiger partial charge in [0, 0.05) is 13.1 Å². The van der Waals surface area contributed by atoms with Crippen molar-refractivity contribution in [3.8, 4) is 11.5 Å². The summed E-state index contributed by atoms with van der Waals surface area (Å²) >= 11 is 0. The van der Waals surface area contributed by atoms with Gasteiger partial charge in [0.05, 0.1) is 7.11 Å². The van der Waals surface area contributed by atoms with Gasteiger partial charge in [-0.1, -0.05) is 38.1 Å². The van der Waals surface area contributed by atoms with Gasteiger partial charge in [-0.3, -0.25) is 9.59 Å². The van der Waals surface area contributed by atoms with Gasteiger partial charge in [-0.2, -0.15) is 0 Å². The van der Waals surface area contributed by atoms with E-state index in [0.29, 0.717) is 31.0 Å². The van der Waals surface area contributed by atoms with Crippen LogP contribution in [0, 0.1) is 0 Å². The summed E-state index contributed by atoms with van der Waals surface area (Å²) in [5, 5.41) is 2.83. The Bertz CT molecular complexity index is 820. The zero-order valence-electron chi connectivity index (χ0n) is 18.3. The standard InChI is InChI=1S/C24H32N2O4/c1-5-18-11-13-20(14-12-18)30-17-23(27)26(22(6-2)24(28)25-7-3)16-19-9-8-10-21(15-19)29-4/h8-15,22H,5-7,16-17H2,1-4H3,(H,25,28)/t22-/m0/s1. The van der Waals surface area contributed by atoms with Crippen molar-refractivity contribution in [1.29, 1.82) is 0 Å². The SMILES string of the molecule is CCNC(=O)[C@H](CC)N(Cc1cccc(OC)c1)C(=O)COc1ccc(CC)cc1. The van der Waals surface area contributed by atoms with Crippen LogP contribution in [0.3, 0.4) is 0 Å². The summed E-state index contributed by atoms with van der Waals surface area (Å²) in [6.07, 6.45) is 1.45. The van der Waals surface area contributed by atoms with E-state index in [1.165, 1.54) is 5.56 Å². The molecule has 0 aromatic heterocycles. The number of methoxy groups -OCH3 is 1. The summed E-state index contributed by atoms with van der Waals surface area (Å²) in [6, 6.07) is 14.6. The maximum atomic E-state index is 13.1. The van der Waals surface area contributed by atoms with Crippen molar-refractivity contribution < 1.29 is 19.1 Å². The molecule has 6 nitrogen and oxygen atoms in total. The molecule has 1 atom stereocenters. The van der Waals surface area contributed by atoms with Crippen molar-refractivity contribution in [2.45, 2.75) is 46.2 Å². The van der Waals surface area contributed by atoms with Gasteiger partial charge in [0.1, 0.15) is 17.5 Å². The summed E-state index contributed by atoms with van der Waals surface area (Å²) in [7, 11) is 1.60. The lowest BCUT2D eigenvalue weighted by molar-refractivity contribution is -0.142. The number of nitrogens with zero attached hydrogens (tertiary/aromatic N) is 1. The third-order valence-corrected chi connectivity index (χ3v) is 4.92. The predicted molar refractivity (Wildman–Crippen MR) is 118 cm³/mol. The summed E-state index contributed by atoms with van der Waals surface area (Å²) in [6.45, 7) is 6.52. The molecule has 2 aromatic rings. The number of nitrogens with one attached hydrogen (secondary N) is 1. The van der Waals surface area contributed by atoms with Crippen molar-refractivity contribution in [1.82, 2.24) is 10.2 Å². The molecule has 2 aromatic carbocycles. The quantitative estimate of drug-likeness (QED) is 0.613. The number of likely N-dealkylation sites (N-methyl/N-ethyl adjacent to an activating group) is 1. The highest BCUT2D eigenvalue weighted by Gasteiger charge is 2.28. The second-order valence-corrected chi connectivity index (χ2v) is 6.98. The van der Waals surface area contributed by atoms with E-state index < -0.39 is 6.04 Å². The highest BCUT2D eigenvalue weighted by molar-refractivity contribution is 5.88. The van der Waals surface area contributed by atoms with Crippen molar-refractivity contribution in [2.24, 2.45) is 0 Å². The van der Waals surface area contributed by atoms with E-state index in [9.17, 15) is 9.59 Å². The maximum absolute atomic E-state index is 13.1. The molecular formula is C24H32N2O4. The molecule has 0 aliphatic carbocycles. The Morgan fingerprint density at radius 3 is 2.33 bits per heavy atom. The number of amides is 2. The van der Waals surface area contributed by atoms with Crippen LogP contribution in [0.25, 0.3) is 0 Å². The molecule has 0 aliphatic heterocycles. The fourth-order valence-corrected chi connectivity index (χ4v) is 3.23. The molecule has 0 unspecified atom stereocenters. The van der Waals surface area contributed by atoms with E-state index in [1.54, 1.807) is 12.0 Å². The highest BCUT2D eigenvalue weighted by Crippen LogP contribution is 2.18.